The number of imidazole rings is 2. The van der Waals surface area contributed by atoms with Crippen molar-refractivity contribution in [3.8, 4) is 11.5 Å². The molecule has 1 aliphatic rings. The highest BCUT2D eigenvalue weighted by molar-refractivity contribution is 6.98. The molecule has 0 atom stereocenters. The van der Waals surface area contributed by atoms with E-state index in [0.29, 0.717) is 0 Å². The van der Waals surface area contributed by atoms with Gasteiger partial charge < -0.3 is 0 Å². The molecule has 6 aromatic carbocycles. The first-order valence-corrected chi connectivity index (χ1v) is 19.8. The summed E-state index contributed by atoms with van der Waals surface area (Å²) in [6.07, 6.45) is 0. The Bertz CT molecular complexity index is 3160. The first-order valence-electron chi connectivity index (χ1n) is 19.8. The van der Waals surface area contributed by atoms with Gasteiger partial charge in [-0.2, -0.15) is 4.98 Å². The van der Waals surface area contributed by atoms with Crippen molar-refractivity contribution in [2.75, 3.05) is 4.90 Å². The van der Waals surface area contributed by atoms with E-state index < -0.39 is 0 Å². The van der Waals surface area contributed by atoms with Crippen molar-refractivity contribution in [3.05, 3.63) is 174 Å². The molecule has 0 bridgehead atoms. The van der Waals surface area contributed by atoms with Gasteiger partial charge in [0.25, 0.3) is 6.71 Å². The van der Waals surface area contributed by atoms with Crippen molar-refractivity contribution in [1.29, 1.82) is 0 Å². The Hall–Kier alpha value is -6.86. The van der Waals surface area contributed by atoms with Crippen molar-refractivity contribution in [2.24, 2.45) is 0 Å². The number of para-hydroxylation sites is 5. The molecule has 6 nitrogen and oxygen atoms in total. The predicted molar refractivity (Wildman–Crippen MR) is 238 cm³/mol. The molecular formula is C50H41BN6. The first kappa shape index (κ1) is 33.5. The maximum Gasteiger partial charge on any atom is 0.270 e. The highest BCUT2D eigenvalue weighted by Gasteiger charge is 2.42. The number of anilines is 3. The molecule has 11 rings (SSSR count). The minimum Gasteiger partial charge on any atom is -0.294 e. The molecule has 0 amide bonds. The summed E-state index contributed by atoms with van der Waals surface area (Å²) in [7, 11) is 0. The van der Waals surface area contributed by atoms with Gasteiger partial charge in [-0.1, -0.05) is 140 Å². The van der Waals surface area contributed by atoms with Crippen molar-refractivity contribution in [1.82, 2.24) is 23.5 Å². The van der Waals surface area contributed by atoms with Gasteiger partial charge >= 0.3 is 0 Å². The molecule has 5 heterocycles. The standard InChI is InChI=1S/C50H41BN6/c1-32-17-14-18-33(2)46(32)51-38-23-8-11-26-41(38)56(45-30-16-29-44(52-45)55-39-24-9-6-21-36(39)37-22-7-10-25-40(37)55)48-47(51)57-43-28-13-12-27-42(43)54(49(57)53-48)35-20-15-19-34(31-35)50(3,4)5/h6-31H,1-5H3. The molecule has 7 heteroatoms. The summed E-state index contributed by atoms with van der Waals surface area (Å²) >= 11 is 0. The van der Waals surface area contributed by atoms with Crippen LogP contribution in [-0.2, 0) is 5.41 Å². The van der Waals surface area contributed by atoms with Gasteiger partial charge in [-0.05, 0) is 84.9 Å². The Labute approximate surface area is 332 Å². The molecular weight excluding hydrogens is 695 g/mol. The number of nitrogens with zero attached hydrogens (tertiary/aromatic N) is 6. The Morgan fingerprint density at radius 3 is 1.84 bits per heavy atom. The molecule has 0 spiro atoms. The van der Waals surface area contributed by atoms with Gasteiger partial charge in [-0.15, -0.1) is 0 Å². The maximum atomic E-state index is 5.75. The fourth-order valence-corrected chi connectivity index (χ4v) is 9.37. The molecule has 4 aromatic heterocycles. The molecule has 0 aliphatic carbocycles. The summed E-state index contributed by atoms with van der Waals surface area (Å²) in [4.78, 5) is 13.6. The number of fused-ring (bicyclic) bond motifs is 9. The number of aryl methyl sites for hydroxylation is 2. The summed E-state index contributed by atoms with van der Waals surface area (Å²) < 4.78 is 7.05. The van der Waals surface area contributed by atoms with Gasteiger partial charge in [-0.25, -0.2) is 4.98 Å². The SMILES string of the molecule is Cc1cccc(C)c1B1c2ccccc2N(c2cccc(-n3c4ccccc4c4ccccc43)n2)c2nc3n(-c4cccc(C(C)(C)C)c4)c4ccccc4n3c21. The third-order valence-electron chi connectivity index (χ3n) is 12.0. The molecule has 10 aromatic rings. The second-order valence-corrected chi connectivity index (χ2v) is 16.4. The molecule has 0 unspecified atom stereocenters. The van der Waals surface area contributed by atoms with Crippen LogP contribution < -0.4 is 21.4 Å². The Morgan fingerprint density at radius 2 is 1.12 bits per heavy atom. The largest absolute Gasteiger partial charge is 0.294 e. The minimum absolute atomic E-state index is 0.0110. The van der Waals surface area contributed by atoms with Crippen molar-refractivity contribution in [3.63, 3.8) is 0 Å². The fourth-order valence-electron chi connectivity index (χ4n) is 9.37. The van der Waals surface area contributed by atoms with Crippen molar-refractivity contribution < 1.29 is 0 Å². The van der Waals surface area contributed by atoms with Gasteiger partial charge in [-0.3, -0.25) is 18.4 Å². The fraction of sp³-hybridized carbons (Fsp3) is 0.120. The predicted octanol–water partition coefficient (Wildman–Crippen LogP) is 9.98. The summed E-state index contributed by atoms with van der Waals surface area (Å²) in [5.41, 5.74) is 14.1. The smallest absolute Gasteiger partial charge is 0.270 e. The van der Waals surface area contributed by atoms with E-state index in [0.717, 1.165) is 62.3 Å². The van der Waals surface area contributed by atoms with Gasteiger partial charge in [0.15, 0.2) is 5.82 Å². The molecule has 0 saturated carbocycles. The van der Waals surface area contributed by atoms with Crippen LogP contribution in [0.1, 0.15) is 37.5 Å². The second-order valence-electron chi connectivity index (χ2n) is 16.4. The molecule has 0 N–H and O–H groups in total. The number of pyridine rings is 1. The molecule has 0 radical (unpaired) electrons. The number of rotatable bonds is 4. The molecule has 0 saturated heterocycles. The number of hydrogen-bond donors (Lipinski definition) is 0. The van der Waals surface area contributed by atoms with Crippen LogP contribution in [-0.4, -0.2) is 30.2 Å². The molecule has 1 aliphatic heterocycles. The topological polar surface area (TPSA) is 43.3 Å². The highest BCUT2D eigenvalue weighted by atomic mass is 15.3. The van der Waals surface area contributed by atoms with Gasteiger partial charge in [0.2, 0.25) is 5.78 Å². The normalized spacial score (nSPS) is 12.9. The molecule has 57 heavy (non-hydrogen) atoms. The second kappa shape index (κ2) is 12.3. The summed E-state index contributed by atoms with van der Waals surface area (Å²) in [6, 6.07) is 56.8. The Kier molecular flexibility index (Phi) is 7.24. The van der Waals surface area contributed by atoms with E-state index in [1.54, 1.807) is 0 Å². The van der Waals surface area contributed by atoms with E-state index in [-0.39, 0.29) is 12.1 Å². The lowest BCUT2D eigenvalue weighted by atomic mass is 9.35. The van der Waals surface area contributed by atoms with Gasteiger partial charge in [0, 0.05) is 27.7 Å². The summed E-state index contributed by atoms with van der Waals surface area (Å²) in [5, 5.41) is 2.42. The van der Waals surface area contributed by atoms with Crippen LogP contribution in [0, 0.1) is 13.8 Å². The van der Waals surface area contributed by atoms with Crippen molar-refractivity contribution >= 4 is 79.2 Å². The minimum atomic E-state index is -0.0793. The average Bonchev–Trinajstić information content (AvgIpc) is 3.87. The van der Waals surface area contributed by atoms with Crippen LogP contribution in [0.5, 0.6) is 0 Å². The zero-order valence-electron chi connectivity index (χ0n) is 32.8. The summed E-state index contributed by atoms with van der Waals surface area (Å²) in [6.45, 7) is 11.2. The van der Waals surface area contributed by atoms with E-state index in [2.05, 4.69) is 211 Å². The molecule has 274 valence electrons. The van der Waals surface area contributed by atoms with E-state index in [4.69, 9.17) is 9.97 Å². The van der Waals surface area contributed by atoms with Crippen LogP contribution in [0.25, 0.3) is 50.1 Å². The lowest BCUT2D eigenvalue weighted by Gasteiger charge is -2.34. The van der Waals surface area contributed by atoms with E-state index in [1.807, 2.05) is 0 Å². The monoisotopic (exact) mass is 736 g/mol. The number of aromatic nitrogens is 5. The zero-order valence-corrected chi connectivity index (χ0v) is 32.8. The van der Waals surface area contributed by atoms with Crippen LogP contribution in [0.4, 0.5) is 17.3 Å². The first-order chi connectivity index (χ1) is 27.8. The number of benzene rings is 6. The van der Waals surface area contributed by atoms with Crippen LogP contribution in [0.3, 0.4) is 0 Å². The summed E-state index contributed by atoms with van der Waals surface area (Å²) in [5.74, 6) is 3.43. The third kappa shape index (κ3) is 4.91. The maximum absolute atomic E-state index is 5.75. The van der Waals surface area contributed by atoms with E-state index in [1.165, 1.54) is 38.4 Å². The van der Waals surface area contributed by atoms with Gasteiger partial charge in [0.1, 0.15) is 11.6 Å². The lowest BCUT2D eigenvalue weighted by Crippen LogP contribution is -2.60. The molecule has 0 fully saturated rings. The van der Waals surface area contributed by atoms with Gasteiger partial charge in [0.05, 0.1) is 22.1 Å². The van der Waals surface area contributed by atoms with Crippen LogP contribution >= 0.6 is 0 Å². The number of hydrogen-bond acceptors (Lipinski definition) is 3. The van der Waals surface area contributed by atoms with Crippen molar-refractivity contribution in [2.45, 2.75) is 40.0 Å². The van der Waals surface area contributed by atoms with Crippen LogP contribution in [0.15, 0.2) is 158 Å². The Balaban J connectivity index is 1.24. The lowest BCUT2D eigenvalue weighted by molar-refractivity contribution is 0.590. The van der Waals surface area contributed by atoms with E-state index >= 15 is 0 Å². The quantitative estimate of drug-likeness (QED) is 0.169. The van der Waals surface area contributed by atoms with E-state index in [9.17, 15) is 0 Å². The van der Waals surface area contributed by atoms with Crippen LogP contribution in [0.2, 0.25) is 0 Å². The zero-order chi connectivity index (χ0) is 38.6. The average molecular weight is 737 g/mol. The Morgan fingerprint density at radius 1 is 0.526 bits per heavy atom. The third-order valence-corrected chi connectivity index (χ3v) is 12.0. The highest BCUT2D eigenvalue weighted by Crippen LogP contribution is 2.39.